The van der Waals surface area contributed by atoms with Gasteiger partial charge in [0.2, 0.25) is 11.1 Å². The van der Waals surface area contributed by atoms with Crippen molar-refractivity contribution in [3.05, 3.63) is 59.5 Å². The van der Waals surface area contributed by atoms with Crippen molar-refractivity contribution in [3.8, 4) is 0 Å². The zero-order valence-corrected chi connectivity index (χ0v) is 14.4. The molecule has 0 aliphatic carbocycles. The second-order valence-electron chi connectivity index (χ2n) is 5.82. The number of hydrogen-bond acceptors (Lipinski definition) is 6. The third kappa shape index (κ3) is 3.58. The number of thioether (sulfide) groups is 1. The number of carbonyl (C=O) groups is 1. The van der Waals surface area contributed by atoms with Crippen LogP contribution in [0.2, 0.25) is 0 Å². The Balaban J connectivity index is 1.36. The predicted molar refractivity (Wildman–Crippen MR) is 91.9 cm³/mol. The van der Waals surface area contributed by atoms with E-state index in [1.807, 2.05) is 29.2 Å². The fourth-order valence-electron chi connectivity index (χ4n) is 2.88. The second-order valence-corrected chi connectivity index (χ2v) is 6.76. The normalized spacial score (nSPS) is 13.7. The molecule has 0 bridgehead atoms. The van der Waals surface area contributed by atoms with Gasteiger partial charge in [-0.2, -0.15) is 0 Å². The van der Waals surface area contributed by atoms with Gasteiger partial charge in [0.25, 0.3) is 0 Å². The van der Waals surface area contributed by atoms with Gasteiger partial charge in [-0.25, -0.2) is 4.68 Å². The Morgan fingerprint density at radius 2 is 2.08 bits per heavy atom. The molecule has 25 heavy (non-hydrogen) atoms. The first-order chi connectivity index (χ1) is 12.3. The van der Waals surface area contributed by atoms with Gasteiger partial charge in [0, 0.05) is 13.1 Å². The van der Waals surface area contributed by atoms with Crippen LogP contribution in [-0.4, -0.2) is 43.3 Å². The molecule has 3 heterocycles. The summed E-state index contributed by atoms with van der Waals surface area (Å²) in [4.78, 5) is 14.4. The molecule has 0 saturated carbocycles. The van der Waals surface area contributed by atoms with E-state index >= 15 is 0 Å². The van der Waals surface area contributed by atoms with Crippen LogP contribution in [0.25, 0.3) is 0 Å². The van der Waals surface area contributed by atoms with E-state index in [4.69, 9.17) is 4.42 Å². The van der Waals surface area contributed by atoms with Crippen LogP contribution < -0.4 is 0 Å². The number of furan rings is 1. The molecule has 0 N–H and O–H groups in total. The van der Waals surface area contributed by atoms with E-state index in [0.29, 0.717) is 24.0 Å². The number of rotatable bonds is 5. The molecule has 0 saturated heterocycles. The Labute approximate surface area is 149 Å². The Hall–Kier alpha value is -2.61. The third-order valence-electron chi connectivity index (χ3n) is 4.19. The van der Waals surface area contributed by atoms with Gasteiger partial charge in [0.15, 0.2) is 0 Å². The smallest absolute Gasteiger partial charge is 0.233 e. The SMILES string of the molecule is O=C(CSc1nnnn1Cc1ccco1)N1CCc2ccccc2C1. The van der Waals surface area contributed by atoms with Crippen LogP contribution in [0.3, 0.4) is 0 Å². The van der Waals surface area contributed by atoms with Crippen LogP contribution in [0.5, 0.6) is 0 Å². The number of fused-ring (bicyclic) bond motifs is 1. The van der Waals surface area contributed by atoms with E-state index in [0.717, 1.165) is 18.7 Å². The monoisotopic (exact) mass is 355 g/mol. The first kappa shape index (κ1) is 15.9. The van der Waals surface area contributed by atoms with Crippen molar-refractivity contribution in [2.24, 2.45) is 0 Å². The number of benzene rings is 1. The van der Waals surface area contributed by atoms with E-state index in [2.05, 4.69) is 27.7 Å². The number of carbonyl (C=O) groups excluding carboxylic acids is 1. The molecule has 0 atom stereocenters. The highest BCUT2D eigenvalue weighted by Gasteiger charge is 2.21. The zero-order valence-electron chi connectivity index (χ0n) is 13.5. The van der Waals surface area contributed by atoms with Gasteiger partial charge in [0.1, 0.15) is 12.3 Å². The highest BCUT2D eigenvalue weighted by molar-refractivity contribution is 7.99. The van der Waals surface area contributed by atoms with E-state index < -0.39 is 0 Å². The van der Waals surface area contributed by atoms with Crippen molar-refractivity contribution >= 4 is 17.7 Å². The van der Waals surface area contributed by atoms with Gasteiger partial charge in [-0.05, 0) is 40.1 Å². The van der Waals surface area contributed by atoms with Crippen molar-refractivity contribution in [2.75, 3.05) is 12.3 Å². The van der Waals surface area contributed by atoms with Crippen LogP contribution in [0.15, 0.2) is 52.2 Å². The van der Waals surface area contributed by atoms with Gasteiger partial charge < -0.3 is 9.32 Å². The zero-order chi connectivity index (χ0) is 17.1. The minimum Gasteiger partial charge on any atom is -0.467 e. The number of amides is 1. The first-order valence-corrected chi connectivity index (χ1v) is 9.04. The summed E-state index contributed by atoms with van der Waals surface area (Å²) < 4.78 is 6.96. The molecule has 1 aliphatic heterocycles. The molecule has 8 heteroatoms. The summed E-state index contributed by atoms with van der Waals surface area (Å²) in [5.41, 5.74) is 2.57. The Bertz CT molecular complexity index is 862. The molecular formula is C17H17N5O2S. The molecule has 128 valence electrons. The quantitative estimate of drug-likeness (QED) is 0.652. The van der Waals surface area contributed by atoms with Crippen molar-refractivity contribution in [1.82, 2.24) is 25.1 Å². The van der Waals surface area contributed by atoms with Gasteiger partial charge in [0.05, 0.1) is 12.0 Å². The van der Waals surface area contributed by atoms with Crippen LogP contribution in [-0.2, 0) is 24.3 Å². The maximum Gasteiger partial charge on any atom is 0.233 e. The minimum atomic E-state index is 0.104. The standard InChI is InChI=1S/C17H17N5O2S/c23-16(21-8-7-13-4-1-2-5-14(13)10-21)12-25-17-18-19-20-22(17)11-15-6-3-9-24-15/h1-6,9H,7-8,10-12H2. The molecule has 4 rings (SSSR count). The average molecular weight is 355 g/mol. The first-order valence-electron chi connectivity index (χ1n) is 8.05. The molecule has 0 fully saturated rings. The Morgan fingerprint density at radius 1 is 1.20 bits per heavy atom. The number of aromatic nitrogens is 4. The van der Waals surface area contributed by atoms with Crippen molar-refractivity contribution in [3.63, 3.8) is 0 Å². The van der Waals surface area contributed by atoms with Crippen molar-refractivity contribution < 1.29 is 9.21 Å². The van der Waals surface area contributed by atoms with Gasteiger partial charge in [-0.3, -0.25) is 4.79 Å². The summed E-state index contributed by atoms with van der Waals surface area (Å²) in [6, 6.07) is 12.0. The predicted octanol–water partition coefficient (Wildman–Crippen LogP) is 1.99. The molecule has 0 spiro atoms. The number of nitrogens with zero attached hydrogens (tertiary/aromatic N) is 5. The molecule has 1 aliphatic rings. The maximum absolute atomic E-state index is 12.5. The second kappa shape index (κ2) is 7.10. The fourth-order valence-corrected chi connectivity index (χ4v) is 3.65. The van der Waals surface area contributed by atoms with E-state index in [1.165, 1.54) is 22.9 Å². The van der Waals surface area contributed by atoms with E-state index in [1.54, 1.807) is 10.9 Å². The van der Waals surface area contributed by atoms with Crippen LogP contribution in [0.1, 0.15) is 16.9 Å². The van der Waals surface area contributed by atoms with Crippen molar-refractivity contribution in [1.29, 1.82) is 0 Å². The summed E-state index contributed by atoms with van der Waals surface area (Å²) in [5, 5.41) is 12.3. The molecule has 7 nitrogen and oxygen atoms in total. The lowest BCUT2D eigenvalue weighted by molar-refractivity contribution is -0.129. The number of tetrazole rings is 1. The highest BCUT2D eigenvalue weighted by atomic mass is 32.2. The van der Waals surface area contributed by atoms with Crippen LogP contribution in [0, 0.1) is 0 Å². The Morgan fingerprint density at radius 3 is 2.92 bits per heavy atom. The largest absolute Gasteiger partial charge is 0.467 e. The summed E-state index contributed by atoms with van der Waals surface area (Å²) in [6.45, 7) is 1.88. The summed E-state index contributed by atoms with van der Waals surface area (Å²) in [6.07, 6.45) is 2.52. The lowest BCUT2D eigenvalue weighted by Gasteiger charge is -2.28. The van der Waals surface area contributed by atoms with Crippen LogP contribution >= 0.6 is 11.8 Å². The number of hydrogen-bond donors (Lipinski definition) is 0. The molecule has 2 aromatic heterocycles. The summed E-state index contributed by atoms with van der Waals surface area (Å²) >= 11 is 1.35. The lowest BCUT2D eigenvalue weighted by atomic mass is 10.00. The van der Waals surface area contributed by atoms with E-state index in [9.17, 15) is 4.79 Å². The molecule has 1 amide bonds. The summed E-state index contributed by atoms with van der Waals surface area (Å²) in [5.74, 6) is 1.20. The highest BCUT2D eigenvalue weighted by Crippen LogP contribution is 2.21. The van der Waals surface area contributed by atoms with Crippen LogP contribution in [0.4, 0.5) is 0 Å². The molecule has 0 unspecified atom stereocenters. The van der Waals surface area contributed by atoms with Crippen molar-refractivity contribution in [2.45, 2.75) is 24.7 Å². The maximum atomic E-state index is 12.5. The molecule has 0 radical (unpaired) electrons. The fraction of sp³-hybridized carbons (Fsp3) is 0.294. The van der Waals surface area contributed by atoms with E-state index in [-0.39, 0.29) is 5.91 Å². The summed E-state index contributed by atoms with van der Waals surface area (Å²) in [7, 11) is 0. The van der Waals surface area contributed by atoms with Gasteiger partial charge >= 0.3 is 0 Å². The lowest BCUT2D eigenvalue weighted by Crippen LogP contribution is -2.37. The molecular weight excluding hydrogens is 338 g/mol. The van der Waals surface area contributed by atoms with Gasteiger partial charge in [-0.1, -0.05) is 36.0 Å². The Kier molecular flexibility index (Phi) is 4.51. The minimum absolute atomic E-state index is 0.104. The third-order valence-corrected chi connectivity index (χ3v) is 5.13. The van der Waals surface area contributed by atoms with Gasteiger partial charge in [-0.15, -0.1) is 5.10 Å². The average Bonchev–Trinajstić information content (AvgIpc) is 3.32. The molecule has 1 aromatic carbocycles. The topological polar surface area (TPSA) is 77.0 Å². The molecule has 3 aromatic rings.